The van der Waals surface area contributed by atoms with Gasteiger partial charge in [0.15, 0.2) is 0 Å². The lowest BCUT2D eigenvalue weighted by Gasteiger charge is -2.33. The Morgan fingerprint density at radius 2 is 2.08 bits per heavy atom. The molecule has 1 aliphatic carbocycles. The predicted molar refractivity (Wildman–Crippen MR) is 95.1 cm³/mol. The zero-order valence-corrected chi connectivity index (χ0v) is 16.3. The van der Waals surface area contributed by atoms with Crippen molar-refractivity contribution in [2.24, 2.45) is 7.05 Å². The Kier molecular flexibility index (Phi) is 5.18. The predicted octanol–water partition coefficient (Wildman–Crippen LogP) is 0.876. The number of sulfonamides is 1. The van der Waals surface area contributed by atoms with E-state index in [1.165, 1.54) is 17.1 Å². The van der Waals surface area contributed by atoms with Crippen LogP contribution in [0.25, 0.3) is 0 Å². The number of aliphatic hydroxyl groups excluding tert-OH is 1. The summed E-state index contributed by atoms with van der Waals surface area (Å²) in [5, 5.41) is 18.7. The minimum atomic E-state index is -3.74. The Bertz CT molecular complexity index is 872. The number of aliphatic hydroxyl groups is 1. The number of hydrogen-bond donors (Lipinski definition) is 2. The number of aryl methyl sites for hydroxylation is 2. The third-order valence-electron chi connectivity index (χ3n) is 4.73. The van der Waals surface area contributed by atoms with Crippen LogP contribution in [0, 0.1) is 6.92 Å². The van der Waals surface area contributed by atoms with E-state index in [1.807, 2.05) is 25.5 Å². The highest BCUT2D eigenvalue weighted by atomic mass is 32.2. The maximum atomic E-state index is 12.6. The van der Waals surface area contributed by atoms with Crippen molar-refractivity contribution in [2.75, 3.05) is 0 Å². The fourth-order valence-electron chi connectivity index (χ4n) is 3.43. The Morgan fingerprint density at radius 1 is 1.35 bits per heavy atom. The van der Waals surface area contributed by atoms with Gasteiger partial charge in [-0.15, -0.1) is 0 Å². The topological polar surface area (TPSA) is 115 Å². The van der Waals surface area contributed by atoms with Gasteiger partial charge in [-0.05, 0) is 40.0 Å². The molecule has 0 unspecified atom stereocenters. The molecule has 0 amide bonds. The molecule has 0 spiro atoms. The van der Waals surface area contributed by atoms with Gasteiger partial charge in [0.05, 0.1) is 12.3 Å². The summed E-state index contributed by atoms with van der Waals surface area (Å²) >= 11 is 0. The van der Waals surface area contributed by atoms with E-state index in [0.29, 0.717) is 18.7 Å². The SMILES string of the molecule is Cc1nc([C@H]2CC[C@@H](O)[C@H](NS(=O)(=O)c3cnn(C)c3)C2)n(C(C)C)n1. The molecule has 2 heterocycles. The first-order valence-corrected chi connectivity index (χ1v) is 10.3. The second-order valence-corrected chi connectivity index (χ2v) is 8.92. The summed E-state index contributed by atoms with van der Waals surface area (Å²) in [5.41, 5.74) is 0. The van der Waals surface area contributed by atoms with Crippen LogP contribution in [-0.4, -0.2) is 50.2 Å². The van der Waals surface area contributed by atoms with Gasteiger partial charge in [-0.3, -0.25) is 4.68 Å². The number of rotatable bonds is 5. The van der Waals surface area contributed by atoms with Gasteiger partial charge in [0.1, 0.15) is 16.5 Å². The van der Waals surface area contributed by atoms with Crippen LogP contribution < -0.4 is 4.72 Å². The van der Waals surface area contributed by atoms with Crippen LogP contribution in [0.3, 0.4) is 0 Å². The first kappa shape index (κ1) is 19.0. The molecular weight excluding hydrogens is 356 g/mol. The van der Waals surface area contributed by atoms with E-state index in [2.05, 4.69) is 19.9 Å². The van der Waals surface area contributed by atoms with Crippen LogP contribution in [0.2, 0.25) is 0 Å². The molecule has 0 saturated heterocycles. The van der Waals surface area contributed by atoms with Crippen molar-refractivity contribution in [1.82, 2.24) is 29.3 Å². The molecule has 0 radical (unpaired) electrons. The zero-order valence-electron chi connectivity index (χ0n) is 15.5. The van der Waals surface area contributed by atoms with Gasteiger partial charge >= 0.3 is 0 Å². The zero-order chi connectivity index (χ0) is 19.1. The van der Waals surface area contributed by atoms with Crippen LogP contribution in [0.15, 0.2) is 17.3 Å². The molecule has 9 nitrogen and oxygen atoms in total. The molecule has 2 aromatic heterocycles. The van der Waals surface area contributed by atoms with Crippen molar-refractivity contribution in [3.05, 3.63) is 24.0 Å². The monoisotopic (exact) mass is 382 g/mol. The Balaban J connectivity index is 1.81. The van der Waals surface area contributed by atoms with Crippen molar-refractivity contribution in [2.45, 2.75) is 69.0 Å². The van der Waals surface area contributed by atoms with Gasteiger partial charge in [-0.1, -0.05) is 0 Å². The van der Waals surface area contributed by atoms with Crippen molar-refractivity contribution < 1.29 is 13.5 Å². The average molecular weight is 382 g/mol. The summed E-state index contributed by atoms with van der Waals surface area (Å²) in [6.07, 6.45) is 3.74. The molecule has 1 fully saturated rings. The number of aromatic nitrogens is 5. The number of nitrogens with zero attached hydrogens (tertiary/aromatic N) is 5. The number of nitrogens with one attached hydrogen (secondary N) is 1. The molecule has 26 heavy (non-hydrogen) atoms. The van der Waals surface area contributed by atoms with Crippen molar-refractivity contribution in [3.63, 3.8) is 0 Å². The summed E-state index contributed by atoms with van der Waals surface area (Å²) < 4.78 is 31.1. The van der Waals surface area contributed by atoms with E-state index in [0.717, 1.165) is 12.2 Å². The summed E-state index contributed by atoms with van der Waals surface area (Å²) in [7, 11) is -2.08. The van der Waals surface area contributed by atoms with Crippen LogP contribution in [0.1, 0.15) is 56.7 Å². The highest BCUT2D eigenvalue weighted by Gasteiger charge is 2.35. The quantitative estimate of drug-likeness (QED) is 0.793. The maximum absolute atomic E-state index is 12.6. The second-order valence-electron chi connectivity index (χ2n) is 7.21. The Labute approximate surface area is 153 Å². The molecule has 2 N–H and O–H groups in total. The molecule has 0 aromatic carbocycles. The van der Waals surface area contributed by atoms with E-state index in [4.69, 9.17) is 0 Å². The Hall–Kier alpha value is -1.78. The van der Waals surface area contributed by atoms with Gasteiger partial charge in [0.2, 0.25) is 10.0 Å². The van der Waals surface area contributed by atoms with Crippen molar-refractivity contribution in [3.8, 4) is 0 Å². The average Bonchev–Trinajstić information content (AvgIpc) is 3.16. The minimum Gasteiger partial charge on any atom is -0.391 e. The van der Waals surface area contributed by atoms with Gasteiger partial charge in [0, 0.05) is 31.2 Å². The first-order chi connectivity index (χ1) is 12.2. The minimum absolute atomic E-state index is 0.0450. The summed E-state index contributed by atoms with van der Waals surface area (Å²) in [6, 6.07) is -0.403. The molecule has 1 aliphatic rings. The van der Waals surface area contributed by atoms with Crippen LogP contribution in [-0.2, 0) is 17.1 Å². The molecule has 0 aliphatic heterocycles. The van der Waals surface area contributed by atoms with Gasteiger partial charge < -0.3 is 5.11 Å². The lowest BCUT2D eigenvalue weighted by Crippen LogP contribution is -2.46. The normalized spacial score (nSPS) is 24.3. The molecule has 1 saturated carbocycles. The van der Waals surface area contributed by atoms with E-state index < -0.39 is 22.2 Å². The van der Waals surface area contributed by atoms with E-state index in [9.17, 15) is 13.5 Å². The van der Waals surface area contributed by atoms with Gasteiger partial charge in [0.25, 0.3) is 0 Å². The highest BCUT2D eigenvalue weighted by molar-refractivity contribution is 7.89. The standard InChI is InChI=1S/C16H26N6O3S/c1-10(2)22-16(18-11(3)19-22)12-5-6-15(23)14(7-12)20-26(24,25)13-8-17-21(4)9-13/h8-10,12,14-15,20,23H,5-7H2,1-4H3/t12-,14+,15+/m0/s1. The molecule has 144 valence electrons. The highest BCUT2D eigenvalue weighted by Crippen LogP contribution is 2.33. The van der Waals surface area contributed by atoms with Crippen molar-refractivity contribution in [1.29, 1.82) is 0 Å². The third-order valence-corrected chi connectivity index (χ3v) is 6.17. The fraction of sp³-hybridized carbons (Fsp3) is 0.688. The molecule has 0 bridgehead atoms. The van der Waals surface area contributed by atoms with Gasteiger partial charge in [-0.25, -0.2) is 22.8 Å². The largest absolute Gasteiger partial charge is 0.391 e. The second kappa shape index (κ2) is 7.09. The molecular formula is C16H26N6O3S. The number of hydrogen-bond acceptors (Lipinski definition) is 6. The molecule has 2 aromatic rings. The molecule has 3 atom stereocenters. The smallest absolute Gasteiger partial charge is 0.244 e. The Morgan fingerprint density at radius 3 is 2.69 bits per heavy atom. The van der Waals surface area contributed by atoms with E-state index in [-0.39, 0.29) is 16.9 Å². The maximum Gasteiger partial charge on any atom is 0.244 e. The van der Waals surface area contributed by atoms with Crippen LogP contribution in [0.5, 0.6) is 0 Å². The van der Waals surface area contributed by atoms with Crippen LogP contribution >= 0.6 is 0 Å². The van der Waals surface area contributed by atoms with Gasteiger partial charge in [-0.2, -0.15) is 10.2 Å². The first-order valence-electron chi connectivity index (χ1n) is 8.79. The van der Waals surface area contributed by atoms with E-state index >= 15 is 0 Å². The van der Waals surface area contributed by atoms with Crippen LogP contribution in [0.4, 0.5) is 0 Å². The summed E-state index contributed by atoms with van der Waals surface area (Å²) in [5.74, 6) is 1.60. The summed E-state index contributed by atoms with van der Waals surface area (Å²) in [6.45, 7) is 5.93. The van der Waals surface area contributed by atoms with E-state index in [1.54, 1.807) is 7.05 Å². The van der Waals surface area contributed by atoms with Crippen molar-refractivity contribution >= 4 is 10.0 Å². The lowest BCUT2D eigenvalue weighted by atomic mass is 9.83. The lowest BCUT2D eigenvalue weighted by molar-refractivity contribution is 0.0912. The fourth-order valence-corrected chi connectivity index (χ4v) is 4.69. The third kappa shape index (κ3) is 3.81. The molecule has 3 rings (SSSR count). The summed E-state index contributed by atoms with van der Waals surface area (Å²) in [4.78, 5) is 4.65. The molecule has 10 heteroatoms.